The van der Waals surface area contributed by atoms with Gasteiger partial charge in [0.2, 0.25) is 0 Å². The highest BCUT2D eigenvalue weighted by molar-refractivity contribution is 5.85. The maximum atomic E-state index is 5.50. The largest absolute Gasteiger partial charge is 0.492 e. The van der Waals surface area contributed by atoms with Crippen molar-refractivity contribution < 1.29 is 9.72 Å². The molecule has 1 heterocycles. The lowest BCUT2D eigenvalue weighted by atomic mass is 9.96. The minimum Gasteiger partial charge on any atom is -0.492 e. The first kappa shape index (κ1) is 15.1. The highest BCUT2D eigenvalue weighted by Crippen LogP contribution is 2.26. The summed E-state index contributed by atoms with van der Waals surface area (Å²) in [4.78, 5) is 3.53. The van der Waals surface area contributed by atoms with E-state index in [1.807, 2.05) is 12.1 Å². The molecule has 1 aromatic carbocycles. The van der Waals surface area contributed by atoms with Gasteiger partial charge in [-0.2, -0.15) is 0 Å². The third-order valence-electron chi connectivity index (χ3n) is 4.76. The van der Waals surface area contributed by atoms with Crippen LogP contribution in [0.1, 0.15) is 50.5 Å². The topological polar surface area (TPSA) is 35.4 Å². The van der Waals surface area contributed by atoms with E-state index >= 15 is 0 Å². The van der Waals surface area contributed by atoms with Crippen LogP contribution in [0.3, 0.4) is 0 Å². The first-order valence-corrected chi connectivity index (χ1v) is 8.54. The summed E-state index contributed by atoms with van der Waals surface area (Å²) in [5.74, 6) is 2.02. The quantitative estimate of drug-likeness (QED) is 0.906. The molecule has 0 amide bonds. The van der Waals surface area contributed by atoms with Gasteiger partial charge in [-0.05, 0) is 44.2 Å². The molecule has 1 saturated carbocycles. The Hall–Kier alpha value is -1.77. The molecule has 3 heteroatoms. The summed E-state index contributed by atoms with van der Waals surface area (Å²) < 4.78 is 5.50. The van der Waals surface area contributed by atoms with Gasteiger partial charge in [0.05, 0.1) is 13.2 Å². The van der Waals surface area contributed by atoms with E-state index in [-0.39, 0.29) is 0 Å². The zero-order chi connectivity index (χ0) is 15.4. The molecule has 3 rings (SSSR count). The minimum atomic E-state index is 0.586. The molecule has 1 aliphatic rings. The molecule has 0 aliphatic heterocycles. The van der Waals surface area contributed by atoms with Gasteiger partial charge in [0.1, 0.15) is 0 Å². The second-order valence-corrected chi connectivity index (χ2v) is 6.44. The van der Waals surface area contributed by atoms with Gasteiger partial charge in [-0.15, -0.1) is 0 Å². The van der Waals surface area contributed by atoms with E-state index < -0.39 is 0 Å². The molecule has 2 N–H and O–H groups in total. The van der Waals surface area contributed by atoms with Crippen molar-refractivity contribution in [2.45, 2.75) is 57.9 Å². The van der Waals surface area contributed by atoms with E-state index in [0.29, 0.717) is 6.04 Å². The monoisotopic (exact) mass is 299 g/mol. The Morgan fingerprint density at radius 1 is 1.09 bits per heavy atom. The number of H-pyrrole nitrogens is 1. The number of pyridine rings is 1. The average molecular weight is 299 g/mol. The number of nitrogens with one attached hydrogen (secondary N) is 2. The van der Waals surface area contributed by atoms with Crippen LogP contribution in [-0.4, -0.2) is 13.2 Å². The van der Waals surface area contributed by atoms with E-state index in [9.17, 15) is 0 Å². The molecule has 0 radical (unpaired) electrons. The van der Waals surface area contributed by atoms with Gasteiger partial charge in [-0.1, -0.05) is 31.4 Å². The summed E-state index contributed by atoms with van der Waals surface area (Å²) >= 11 is 0. The van der Waals surface area contributed by atoms with Crippen LogP contribution in [-0.2, 0) is 0 Å². The number of anilines is 1. The lowest BCUT2D eigenvalue weighted by molar-refractivity contribution is -0.328. The number of aryl methyl sites for hydroxylation is 1. The average Bonchev–Trinajstić information content (AvgIpc) is 2.49. The molecule has 1 aromatic heterocycles. The number of hydrogen-bond donors (Lipinski definition) is 1. The Kier molecular flexibility index (Phi) is 4.81. The number of rotatable bonds is 3. The molecular weight excluding hydrogens is 272 g/mol. The maximum Gasteiger partial charge on any atom is 0.273 e. The summed E-state index contributed by atoms with van der Waals surface area (Å²) in [6.07, 6.45) is 9.40. The van der Waals surface area contributed by atoms with E-state index in [1.54, 1.807) is 7.11 Å². The van der Waals surface area contributed by atoms with Crippen LogP contribution in [0.25, 0.3) is 10.9 Å². The zero-order valence-corrected chi connectivity index (χ0v) is 13.7. The molecule has 0 bridgehead atoms. The molecule has 118 valence electrons. The summed E-state index contributed by atoms with van der Waals surface area (Å²) in [6, 6.07) is 9.01. The molecule has 1 fully saturated rings. The van der Waals surface area contributed by atoms with Gasteiger partial charge in [-0.25, -0.2) is 4.98 Å². The van der Waals surface area contributed by atoms with Gasteiger partial charge in [0.15, 0.2) is 11.3 Å². The standard InChI is InChI=1S/C19H26N2O/c1-14-13-18(20-15-9-6-4-3-5-7-10-15)21-19-16(14)11-8-12-17(19)22-2/h8,11-13,15H,3-7,9-10H2,1-2H3,(H,20,21)/p+1. The van der Waals surface area contributed by atoms with E-state index in [0.717, 1.165) is 17.1 Å². The summed E-state index contributed by atoms with van der Waals surface area (Å²) in [5, 5.41) is 4.95. The van der Waals surface area contributed by atoms with Gasteiger partial charge < -0.3 is 4.74 Å². The number of methoxy groups -OCH3 is 1. The Morgan fingerprint density at radius 2 is 1.82 bits per heavy atom. The van der Waals surface area contributed by atoms with Crippen LogP contribution in [0.2, 0.25) is 0 Å². The number of fused-ring (bicyclic) bond motifs is 1. The Bertz CT molecular complexity index is 631. The maximum absolute atomic E-state index is 5.50. The molecule has 22 heavy (non-hydrogen) atoms. The first-order chi connectivity index (χ1) is 10.8. The predicted octanol–water partition coefficient (Wildman–Crippen LogP) is 4.50. The summed E-state index contributed by atoms with van der Waals surface area (Å²) in [7, 11) is 1.73. The molecule has 0 unspecified atom stereocenters. The third kappa shape index (κ3) is 3.34. The van der Waals surface area contributed by atoms with Crippen molar-refractivity contribution in [1.29, 1.82) is 0 Å². The fourth-order valence-electron chi connectivity index (χ4n) is 3.52. The van der Waals surface area contributed by atoms with Crippen LogP contribution in [0.4, 0.5) is 5.82 Å². The highest BCUT2D eigenvalue weighted by Gasteiger charge is 2.18. The lowest BCUT2D eigenvalue weighted by Crippen LogP contribution is -2.25. The number of aromatic nitrogens is 1. The number of para-hydroxylation sites is 1. The van der Waals surface area contributed by atoms with Crippen LogP contribution >= 0.6 is 0 Å². The van der Waals surface area contributed by atoms with Crippen molar-refractivity contribution in [3.8, 4) is 5.75 Å². The Labute approximate surface area is 133 Å². The van der Waals surface area contributed by atoms with Gasteiger partial charge in [0.25, 0.3) is 5.82 Å². The van der Waals surface area contributed by atoms with Gasteiger partial charge in [0, 0.05) is 11.5 Å². The molecule has 0 saturated heterocycles. The van der Waals surface area contributed by atoms with Crippen molar-refractivity contribution in [2.24, 2.45) is 0 Å². The van der Waals surface area contributed by atoms with Crippen molar-refractivity contribution >= 4 is 16.7 Å². The van der Waals surface area contributed by atoms with Crippen molar-refractivity contribution in [1.82, 2.24) is 0 Å². The van der Waals surface area contributed by atoms with Gasteiger partial charge >= 0.3 is 0 Å². The predicted molar refractivity (Wildman–Crippen MR) is 91.5 cm³/mol. The van der Waals surface area contributed by atoms with Crippen LogP contribution in [0.15, 0.2) is 24.3 Å². The van der Waals surface area contributed by atoms with E-state index in [2.05, 4.69) is 29.4 Å². The second-order valence-electron chi connectivity index (χ2n) is 6.44. The smallest absolute Gasteiger partial charge is 0.273 e. The molecule has 0 atom stereocenters. The highest BCUT2D eigenvalue weighted by atomic mass is 16.5. The molecule has 1 aliphatic carbocycles. The molecular formula is C19H27N2O+. The minimum absolute atomic E-state index is 0.586. The Morgan fingerprint density at radius 3 is 2.55 bits per heavy atom. The van der Waals surface area contributed by atoms with Crippen LogP contribution < -0.4 is 15.0 Å². The summed E-state index contributed by atoms with van der Waals surface area (Å²) in [6.45, 7) is 2.17. The van der Waals surface area contributed by atoms with Crippen molar-refractivity contribution in [3.05, 3.63) is 29.8 Å². The number of hydrogen-bond acceptors (Lipinski definition) is 2. The van der Waals surface area contributed by atoms with Crippen LogP contribution in [0.5, 0.6) is 5.75 Å². The number of benzene rings is 1. The molecule has 3 nitrogen and oxygen atoms in total. The van der Waals surface area contributed by atoms with E-state index in [1.165, 1.54) is 55.9 Å². The first-order valence-electron chi connectivity index (χ1n) is 8.54. The molecule has 0 spiro atoms. The van der Waals surface area contributed by atoms with Gasteiger partial charge in [-0.3, -0.25) is 5.32 Å². The van der Waals surface area contributed by atoms with E-state index in [4.69, 9.17) is 4.74 Å². The second kappa shape index (κ2) is 6.99. The molecule has 2 aromatic rings. The third-order valence-corrected chi connectivity index (χ3v) is 4.76. The summed E-state index contributed by atoms with van der Waals surface area (Å²) in [5.41, 5.74) is 2.36. The SMILES string of the molecule is COc1cccc2c(C)cc(NC3CCCCCCC3)[nH+]c12. The van der Waals surface area contributed by atoms with Crippen molar-refractivity contribution in [3.63, 3.8) is 0 Å². The number of ether oxygens (including phenoxy) is 1. The lowest BCUT2D eigenvalue weighted by Gasteiger charge is -2.17. The Balaban J connectivity index is 1.87. The number of aromatic amines is 1. The van der Waals surface area contributed by atoms with Crippen LogP contribution in [0, 0.1) is 6.92 Å². The van der Waals surface area contributed by atoms with Crippen molar-refractivity contribution in [2.75, 3.05) is 12.4 Å². The normalized spacial score (nSPS) is 17.0. The fraction of sp³-hybridized carbons (Fsp3) is 0.526. The zero-order valence-electron chi connectivity index (χ0n) is 13.7. The fourth-order valence-corrected chi connectivity index (χ4v) is 3.52.